The molecule has 0 radical (unpaired) electrons. The highest BCUT2D eigenvalue weighted by Gasteiger charge is 2.23. The van der Waals surface area contributed by atoms with Crippen LogP contribution >= 0.6 is 0 Å². The third-order valence-electron chi connectivity index (χ3n) is 3.10. The molecule has 114 valence electrons. The van der Waals surface area contributed by atoms with Crippen LogP contribution in [-0.4, -0.2) is 38.6 Å². The summed E-state index contributed by atoms with van der Waals surface area (Å²) in [5, 5.41) is 2.98. The summed E-state index contributed by atoms with van der Waals surface area (Å²) in [5.74, 6) is 0.123. The Kier molecular flexibility index (Phi) is 6.62. The molecule has 1 aromatic carbocycles. The SMILES string of the molecule is C=CCNC(CC(=O)OC)C(=O)c1ccc(OC)c(C)c1. The van der Waals surface area contributed by atoms with Crippen molar-refractivity contribution >= 4 is 11.8 Å². The Morgan fingerprint density at radius 2 is 2.10 bits per heavy atom. The zero-order chi connectivity index (χ0) is 15.8. The summed E-state index contributed by atoms with van der Waals surface area (Å²) in [6.45, 7) is 5.89. The molecule has 1 unspecified atom stereocenters. The fourth-order valence-corrected chi connectivity index (χ4v) is 1.97. The number of carbonyl (C=O) groups is 2. The lowest BCUT2D eigenvalue weighted by Gasteiger charge is -2.16. The van der Waals surface area contributed by atoms with E-state index in [1.807, 2.05) is 6.92 Å². The van der Waals surface area contributed by atoms with Crippen LogP contribution in [0.1, 0.15) is 22.3 Å². The third-order valence-corrected chi connectivity index (χ3v) is 3.10. The molecule has 0 aliphatic rings. The second kappa shape index (κ2) is 8.21. The van der Waals surface area contributed by atoms with E-state index in [0.29, 0.717) is 12.1 Å². The second-order valence-electron chi connectivity index (χ2n) is 4.58. The molecule has 0 aromatic heterocycles. The fourth-order valence-electron chi connectivity index (χ4n) is 1.97. The van der Waals surface area contributed by atoms with E-state index in [9.17, 15) is 9.59 Å². The first kappa shape index (κ1) is 16.9. The van der Waals surface area contributed by atoms with E-state index in [2.05, 4.69) is 16.6 Å². The molecule has 0 amide bonds. The summed E-state index contributed by atoms with van der Waals surface area (Å²) in [7, 11) is 2.88. The van der Waals surface area contributed by atoms with Gasteiger partial charge in [-0.1, -0.05) is 6.08 Å². The summed E-state index contributed by atoms with van der Waals surface area (Å²) < 4.78 is 9.80. The second-order valence-corrected chi connectivity index (χ2v) is 4.58. The highest BCUT2D eigenvalue weighted by Crippen LogP contribution is 2.19. The van der Waals surface area contributed by atoms with E-state index < -0.39 is 12.0 Å². The molecular weight excluding hydrogens is 270 g/mol. The van der Waals surface area contributed by atoms with Gasteiger partial charge in [0.2, 0.25) is 0 Å². The minimum absolute atomic E-state index is 0.0196. The standard InChI is InChI=1S/C16H21NO4/c1-5-8-17-13(10-15(18)21-4)16(19)12-6-7-14(20-3)11(2)9-12/h5-7,9,13,17H,1,8,10H2,2-4H3. The molecule has 1 aromatic rings. The van der Waals surface area contributed by atoms with E-state index in [1.165, 1.54) is 7.11 Å². The van der Waals surface area contributed by atoms with Crippen molar-refractivity contribution < 1.29 is 19.1 Å². The number of nitrogens with one attached hydrogen (secondary N) is 1. The van der Waals surface area contributed by atoms with E-state index >= 15 is 0 Å². The molecule has 21 heavy (non-hydrogen) atoms. The van der Waals surface area contributed by atoms with Gasteiger partial charge < -0.3 is 14.8 Å². The number of benzene rings is 1. The summed E-state index contributed by atoms with van der Waals surface area (Å²) in [6, 6.07) is 4.55. The number of Topliss-reactive ketones (excluding diaryl/α,β-unsaturated/α-hetero) is 1. The van der Waals surface area contributed by atoms with Crippen LogP contribution in [0.5, 0.6) is 5.75 Å². The van der Waals surface area contributed by atoms with Gasteiger partial charge in [-0.05, 0) is 30.7 Å². The molecule has 1 N–H and O–H groups in total. The Morgan fingerprint density at radius 3 is 2.62 bits per heavy atom. The first-order valence-corrected chi connectivity index (χ1v) is 6.63. The van der Waals surface area contributed by atoms with E-state index in [4.69, 9.17) is 4.74 Å². The lowest BCUT2D eigenvalue weighted by molar-refractivity contribution is -0.140. The highest BCUT2D eigenvalue weighted by atomic mass is 16.5. The number of ketones is 1. The number of methoxy groups -OCH3 is 2. The zero-order valence-electron chi connectivity index (χ0n) is 12.6. The number of hydrogen-bond acceptors (Lipinski definition) is 5. The van der Waals surface area contributed by atoms with Gasteiger partial charge >= 0.3 is 5.97 Å². The van der Waals surface area contributed by atoms with Gasteiger partial charge in [-0.15, -0.1) is 6.58 Å². The van der Waals surface area contributed by atoms with Crippen LogP contribution in [0, 0.1) is 6.92 Å². The molecular formula is C16H21NO4. The maximum atomic E-state index is 12.5. The van der Waals surface area contributed by atoms with Gasteiger partial charge in [0.25, 0.3) is 0 Å². The first-order chi connectivity index (χ1) is 10.0. The average molecular weight is 291 g/mol. The van der Waals surface area contributed by atoms with Crippen molar-refractivity contribution in [3.05, 3.63) is 42.0 Å². The number of ether oxygens (including phenoxy) is 2. The largest absolute Gasteiger partial charge is 0.496 e. The predicted molar refractivity (Wildman–Crippen MR) is 80.7 cm³/mol. The van der Waals surface area contributed by atoms with Crippen LogP contribution in [0.2, 0.25) is 0 Å². The Balaban J connectivity index is 2.95. The van der Waals surface area contributed by atoms with E-state index in [-0.39, 0.29) is 12.2 Å². The van der Waals surface area contributed by atoms with Gasteiger partial charge in [-0.25, -0.2) is 0 Å². The van der Waals surface area contributed by atoms with Crippen molar-refractivity contribution in [2.24, 2.45) is 0 Å². The molecule has 0 aliphatic heterocycles. The van der Waals surface area contributed by atoms with E-state index in [0.717, 1.165) is 11.3 Å². The normalized spacial score (nSPS) is 11.6. The predicted octanol–water partition coefficient (Wildman–Crippen LogP) is 1.89. The number of hydrogen-bond donors (Lipinski definition) is 1. The Labute approximate surface area is 124 Å². The summed E-state index contributed by atoms with van der Waals surface area (Å²) >= 11 is 0. The van der Waals surface area contributed by atoms with Gasteiger partial charge in [0.15, 0.2) is 5.78 Å². The molecule has 5 heteroatoms. The number of esters is 1. The van der Waals surface area contributed by atoms with Crippen molar-refractivity contribution in [2.45, 2.75) is 19.4 Å². The molecule has 1 atom stereocenters. The quantitative estimate of drug-likeness (QED) is 0.450. The van der Waals surface area contributed by atoms with Crippen LogP contribution in [-0.2, 0) is 9.53 Å². The van der Waals surface area contributed by atoms with Gasteiger partial charge in [0.1, 0.15) is 5.75 Å². The highest BCUT2D eigenvalue weighted by molar-refractivity contribution is 6.02. The van der Waals surface area contributed by atoms with Crippen molar-refractivity contribution in [1.82, 2.24) is 5.32 Å². The number of rotatable bonds is 8. The molecule has 5 nitrogen and oxygen atoms in total. The van der Waals surface area contributed by atoms with Crippen molar-refractivity contribution in [3.63, 3.8) is 0 Å². The zero-order valence-corrected chi connectivity index (χ0v) is 12.6. The maximum absolute atomic E-state index is 12.5. The molecule has 0 saturated carbocycles. The fraction of sp³-hybridized carbons (Fsp3) is 0.375. The Bertz CT molecular complexity index is 525. The Morgan fingerprint density at radius 1 is 1.38 bits per heavy atom. The van der Waals surface area contributed by atoms with Gasteiger partial charge in [0.05, 0.1) is 26.7 Å². The number of aryl methyl sites for hydroxylation is 1. The summed E-state index contributed by atoms with van der Waals surface area (Å²) in [6.07, 6.45) is 1.62. The van der Waals surface area contributed by atoms with Crippen LogP contribution in [0.15, 0.2) is 30.9 Å². The molecule has 0 fully saturated rings. The molecule has 0 bridgehead atoms. The van der Waals surface area contributed by atoms with Gasteiger partial charge in [-0.3, -0.25) is 9.59 Å². The minimum Gasteiger partial charge on any atom is -0.496 e. The molecule has 0 saturated heterocycles. The lowest BCUT2D eigenvalue weighted by atomic mass is 9.99. The Hall–Kier alpha value is -2.14. The van der Waals surface area contributed by atoms with Gasteiger partial charge in [-0.2, -0.15) is 0 Å². The van der Waals surface area contributed by atoms with Crippen LogP contribution in [0.25, 0.3) is 0 Å². The monoisotopic (exact) mass is 291 g/mol. The van der Waals surface area contributed by atoms with Crippen molar-refractivity contribution in [3.8, 4) is 5.75 Å². The third kappa shape index (κ3) is 4.72. The van der Waals surface area contributed by atoms with Crippen LogP contribution in [0.3, 0.4) is 0 Å². The van der Waals surface area contributed by atoms with Crippen LogP contribution in [0.4, 0.5) is 0 Å². The van der Waals surface area contributed by atoms with Crippen molar-refractivity contribution in [2.75, 3.05) is 20.8 Å². The van der Waals surface area contributed by atoms with Gasteiger partial charge in [0, 0.05) is 12.1 Å². The minimum atomic E-state index is -0.636. The smallest absolute Gasteiger partial charge is 0.307 e. The maximum Gasteiger partial charge on any atom is 0.307 e. The molecule has 0 spiro atoms. The molecule has 0 aliphatic carbocycles. The van der Waals surface area contributed by atoms with E-state index in [1.54, 1.807) is 31.4 Å². The summed E-state index contributed by atoms with van der Waals surface area (Å²) in [5.41, 5.74) is 1.39. The van der Waals surface area contributed by atoms with Crippen molar-refractivity contribution in [1.29, 1.82) is 0 Å². The molecule has 0 heterocycles. The molecule has 1 rings (SSSR count). The first-order valence-electron chi connectivity index (χ1n) is 6.63. The van der Waals surface area contributed by atoms with Crippen LogP contribution < -0.4 is 10.1 Å². The topological polar surface area (TPSA) is 64.6 Å². The number of carbonyl (C=O) groups excluding carboxylic acids is 2. The average Bonchev–Trinajstić information content (AvgIpc) is 2.50. The summed E-state index contributed by atoms with van der Waals surface area (Å²) in [4.78, 5) is 23.9. The lowest BCUT2D eigenvalue weighted by Crippen LogP contribution is -2.39.